The molecule has 0 saturated carbocycles. The van der Waals surface area contributed by atoms with Gasteiger partial charge in [-0.05, 0) is 53.5 Å². The smallest absolute Gasteiger partial charge is 0.189 e. The maximum atomic E-state index is 12.9. The van der Waals surface area contributed by atoms with Crippen molar-refractivity contribution >= 4 is 22.6 Å². The number of hydrogen-bond donors (Lipinski definition) is 0. The quantitative estimate of drug-likeness (QED) is 0.531. The van der Waals surface area contributed by atoms with E-state index in [2.05, 4.69) is 49.4 Å². The Morgan fingerprint density at radius 1 is 0.964 bits per heavy atom. The van der Waals surface area contributed by atoms with Crippen molar-refractivity contribution in [2.75, 3.05) is 0 Å². The van der Waals surface area contributed by atoms with Gasteiger partial charge in [0, 0.05) is 16.5 Å². The first kappa shape index (κ1) is 19.6. The minimum Gasteiger partial charge on any atom is -0.289 e. The molecule has 4 rings (SSSR count). The van der Waals surface area contributed by atoms with E-state index >= 15 is 0 Å². The molecule has 0 radical (unpaired) electrons. The highest BCUT2D eigenvalue weighted by molar-refractivity contribution is 6.22. The molecule has 2 heteroatoms. The van der Waals surface area contributed by atoms with Crippen molar-refractivity contribution in [3.05, 3.63) is 88.0 Å². The SMILES string of the molecule is CC.Cc1cc(CC#N)ccc1CCC1=Cc2cccc3cccc(c23)C1=O. The number of hydrogen-bond acceptors (Lipinski definition) is 2. The van der Waals surface area contributed by atoms with Gasteiger partial charge >= 0.3 is 0 Å². The maximum Gasteiger partial charge on any atom is 0.189 e. The fourth-order valence-electron chi connectivity index (χ4n) is 3.80. The second-order valence-corrected chi connectivity index (χ2v) is 6.85. The fourth-order valence-corrected chi connectivity index (χ4v) is 3.80. The molecule has 0 unspecified atom stereocenters. The van der Waals surface area contributed by atoms with Crippen molar-refractivity contribution in [3.8, 4) is 6.07 Å². The Morgan fingerprint density at radius 3 is 2.43 bits per heavy atom. The number of ketones is 1. The number of allylic oxidation sites excluding steroid dienone is 1. The highest BCUT2D eigenvalue weighted by Gasteiger charge is 2.21. The largest absolute Gasteiger partial charge is 0.289 e. The molecule has 0 N–H and O–H groups in total. The summed E-state index contributed by atoms with van der Waals surface area (Å²) in [6, 6.07) is 20.5. The topological polar surface area (TPSA) is 40.9 Å². The zero-order valence-electron chi connectivity index (χ0n) is 16.8. The average Bonchev–Trinajstić information content (AvgIpc) is 2.72. The number of benzene rings is 3. The summed E-state index contributed by atoms with van der Waals surface area (Å²) in [6.45, 7) is 6.07. The average molecular weight is 367 g/mol. The van der Waals surface area contributed by atoms with Crippen molar-refractivity contribution in [3.63, 3.8) is 0 Å². The van der Waals surface area contributed by atoms with Crippen LogP contribution in [0, 0.1) is 18.3 Å². The first-order valence-corrected chi connectivity index (χ1v) is 9.90. The van der Waals surface area contributed by atoms with Crippen LogP contribution in [-0.2, 0) is 12.8 Å². The van der Waals surface area contributed by atoms with Crippen molar-refractivity contribution in [1.29, 1.82) is 5.26 Å². The maximum absolute atomic E-state index is 12.9. The molecule has 3 aromatic carbocycles. The molecule has 0 bridgehead atoms. The van der Waals surface area contributed by atoms with E-state index in [1.54, 1.807) is 0 Å². The molecular weight excluding hydrogens is 342 g/mol. The van der Waals surface area contributed by atoms with Crippen LogP contribution in [0.5, 0.6) is 0 Å². The van der Waals surface area contributed by atoms with Crippen LogP contribution in [0.1, 0.15) is 52.9 Å². The Balaban J connectivity index is 0.00000109. The minimum atomic E-state index is 0.146. The van der Waals surface area contributed by atoms with Gasteiger partial charge in [-0.1, -0.05) is 68.4 Å². The van der Waals surface area contributed by atoms with Crippen LogP contribution >= 0.6 is 0 Å². The molecule has 0 fully saturated rings. The van der Waals surface area contributed by atoms with Gasteiger partial charge in [0.05, 0.1) is 12.5 Å². The second kappa shape index (κ2) is 8.67. The lowest BCUT2D eigenvalue weighted by Gasteiger charge is -2.17. The van der Waals surface area contributed by atoms with Gasteiger partial charge in [0.25, 0.3) is 0 Å². The number of nitrogens with zero attached hydrogens (tertiary/aromatic N) is 1. The van der Waals surface area contributed by atoms with Crippen LogP contribution in [-0.4, -0.2) is 5.78 Å². The third-order valence-electron chi connectivity index (χ3n) is 5.16. The number of carbonyl (C=O) groups excluding carboxylic acids is 1. The van der Waals surface area contributed by atoms with E-state index in [4.69, 9.17) is 5.26 Å². The van der Waals surface area contributed by atoms with E-state index in [-0.39, 0.29) is 5.78 Å². The van der Waals surface area contributed by atoms with Crippen LogP contribution in [0.3, 0.4) is 0 Å². The summed E-state index contributed by atoms with van der Waals surface area (Å²) in [5, 5.41) is 11.0. The van der Waals surface area contributed by atoms with Crippen LogP contribution in [0.2, 0.25) is 0 Å². The van der Waals surface area contributed by atoms with Gasteiger partial charge in [0.1, 0.15) is 0 Å². The van der Waals surface area contributed by atoms with E-state index < -0.39 is 0 Å². The molecule has 140 valence electrons. The molecule has 2 nitrogen and oxygen atoms in total. The van der Waals surface area contributed by atoms with Gasteiger partial charge in [-0.3, -0.25) is 4.79 Å². The minimum absolute atomic E-state index is 0.146. The Kier molecular flexibility index (Phi) is 6.06. The molecule has 0 atom stereocenters. The second-order valence-electron chi connectivity index (χ2n) is 6.85. The van der Waals surface area contributed by atoms with E-state index in [0.717, 1.165) is 45.9 Å². The van der Waals surface area contributed by atoms with Gasteiger partial charge in [0.2, 0.25) is 0 Å². The van der Waals surface area contributed by atoms with Crippen molar-refractivity contribution in [2.45, 2.75) is 40.0 Å². The van der Waals surface area contributed by atoms with E-state index in [9.17, 15) is 4.79 Å². The Labute approximate surface area is 167 Å². The summed E-state index contributed by atoms with van der Waals surface area (Å²) in [7, 11) is 0. The van der Waals surface area contributed by atoms with E-state index in [0.29, 0.717) is 6.42 Å². The van der Waals surface area contributed by atoms with E-state index in [1.165, 1.54) is 11.1 Å². The summed E-state index contributed by atoms with van der Waals surface area (Å²) in [4.78, 5) is 12.9. The molecule has 1 aliphatic carbocycles. The fraction of sp³-hybridized carbons (Fsp3) is 0.231. The summed E-state index contributed by atoms with van der Waals surface area (Å²) < 4.78 is 0. The Morgan fingerprint density at radius 2 is 1.71 bits per heavy atom. The molecule has 3 aromatic rings. The lowest BCUT2D eigenvalue weighted by molar-refractivity contribution is 0.103. The summed E-state index contributed by atoms with van der Waals surface area (Å²) in [5.41, 5.74) is 6.28. The number of rotatable bonds is 4. The van der Waals surface area contributed by atoms with E-state index in [1.807, 2.05) is 38.1 Å². The summed E-state index contributed by atoms with van der Waals surface area (Å²) in [6.07, 6.45) is 4.04. The molecule has 0 spiro atoms. The Hall–Kier alpha value is -3.18. The van der Waals surface area contributed by atoms with Crippen molar-refractivity contribution in [1.82, 2.24) is 0 Å². The molecular formula is C26H25NO. The lowest BCUT2D eigenvalue weighted by Crippen LogP contribution is -2.10. The first-order valence-electron chi connectivity index (χ1n) is 9.90. The van der Waals surface area contributed by atoms with Gasteiger partial charge in [-0.15, -0.1) is 0 Å². The molecule has 0 saturated heterocycles. The zero-order valence-corrected chi connectivity index (χ0v) is 16.8. The van der Waals surface area contributed by atoms with Crippen molar-refractivity contribution < 1.29 is 4.79 Å². The van der Waals surface area contributed by atoms with Crippen LogP contribution in [0.4, 0.5) is 0 Å². The van der Waals surface area contributed by atoms with Gasteiger partial charge < -0.3 is 0 Å². The predicted molar refractivity (Wildman–Crippen MR) is 116 cm³/mol. The number of Topliss-reactive ketones (excluding diaryl/α,β-unsaturated/α-hetero) is 1. The molecule has 0 amide bonds. The number of carbonyl (C=O) groups is 1. The monoisotopic (exact) mass is 367 g/mol. The normalized spacial score (nSPS) is 12.1. The van der Waals surface area contributed by atoms with Crippen LogP contribution in [0.15, 0.2) is 60.2 Å². The summed E-state index contributed by atoms with van der Waals surface area (Å²) in [5.74, 6) is 0.146. The highest BCUT2D eigenvalue weighted by Crippen LogP contribution is 2.32. The number of aryl methyl sites for hydroxylation is 2. The number of nitriles is 1. The first-order chi connectivity index (χ1) is 13.7. The molecule has 0 heterocycles. The van der Waals surface area contributed by atoms with Crippen molar-refractivity contribution in [2.24, 2.45) is 0 Å². The van der Waals surface area contributed by atoms with Crippen LogP contribution in [0.25, 0.3) is 16.8 Å². The Bertz CT molecular complexity index is 1090. The third kappa shape index (κ3) is 3.75. The molecule has 0 aromatic heterocycles. The van der Waals surface area contributed by atoms with Gasteiger partial charge in [-0.2, -0.15) is 5.26 Å². The van der Waals surface area contributed by atoms with Gasteiger partial charge in [0.15, 0.2) is 5.78 Å². The van der Waals surface area contributed by atoms with Crippen LogP contribution < -0.4 is 0 Å². The molecule has 0 aliphatic heterocycles. The lowest BCUT2D eigenvalue weighted by atomic mass is 9.85. The third-order valence-corrected chi connectivity index (χ3v) is 5.16. The molecule has 28 heavy (non-hydrogen) atoms. The predicted octanol–water partition coefficient (Wildman–Crippen LogP) is 6.45. The zero-order chi connectivity index (χ0) is 20.1. The van der Waals surface area contributed by atoms with Gasteiger partial charge in [-0.25, -0.2) is 0 Å². The summed E-state index contributed by atoms with van der Waals surface area (Å²) >= 11 is 0. The molecule has 1 aliphatic rings. The standard InChI is InChI=1S/C24H19NO.C2H6/c1-16-14-17(12-13-25)8-9-18(16)10-11-21-15-20-6-2-4-19-5-3-7-22(23(19)20)24(21)26;1-2/h2-9,14-15H,10-12H2,1H3;1-2H3. The highest BCUT2D eigenvalue weighted by atomic mass is 16.1.